The topological polar surface area (TPSA) is 61.9 Å². The summed E-state index contributed by atoms with van der Waals surface area (Å²) in [4.78, 5) is 29.0. The van der Waals surface area contributed by atoms with Crippen LogP contribution in [0.25, 0.3) is 0 Å². The van der Waals surface area contributed by atoms with Crippen LogP contribution >= 0.6 is 0 Å². The van der Waals surface area contributed by atoms with Crippen LogP contribution in [0.2, 0.25) is 0 Å². The van der Waals surface area contributed by atoms with E-state index >= 15 is 0 Å². The number of nitrogens with one attached hydrogen (secondary N) is 1. The highest BCUT2D eigenvalue weighted by atomic mass is 19.4. The van der Waals surface area contributed by atoms with E-state index in [0.717, 1.165) is 12.1 Å². The SMILES string of the molecule is CCN(CC)[C@@H](C(=O)N[C@@H](C)C(=O)N1CCOCC1)c1cccc(C(F)(F)F)c1. The molecule has 29 heavy (non-hydrogen) atoms. The van der Waals surface area contributed by atoms with Crippen molar-refractivity contribution in [3.05, 3.63) is 35.4 Å². The minimum Gasteiger partial charge on any atom is -0.378 e. The second-order valence-corrected chi connectivity index (χ2v) is 6.91. The summed E-state index contributed by atoms with van der Waals surface area (Å²) in [6, 6.07) is 3.07. The minimum absolute atomic E-state index is 0.232. The minimum atomic E-state index is -4.50. The van der Waals surface area contributed by atoms with E-state index in [-0.39, 0.29) is 11.5 Å². The first-order valence-electron chi connectivity index (χ1n) is 9.77. The van der Waals surface area contributed by atoms with Crippen LogP contribution in [0.5, 0.6) is 0 Å². The van der Waals surface area contributed by atoms with Crippen LogP contribution in [0.4, 0.5) is 13.2 Å². The molecule has 0 unspecified atom stereocenters. The molecule has 0 spiro atoms. The molecule has 2 amide bonds. The molecule has 162 valence electrons. The van der Waals surface area contributed by atoms with Crippen LogP contribution in [-0.4, -0.2) is 67.0 Å². The molecule has 9 heteroatoms. The molecule has 2 rings (SSSR count). The van der Waals surface area contributed by atoms with Gasteiger partial charge in [0.15, 0.2) is 0 Å². The van der Waals surface area contributed by atoms with Crippen LogP contribution < -0.4 is 5.32 Å². The number of halogens is 3. The number of carbonyl (C=O) groups excluding carboxylic acids is 2. The number of hydrogen-bond acceptors (Lipinski definition) is 4. The Morgan fingerprint density at radius 1 is 1.21 bits per heavy atom. The van der Waals surface area contributed by atoms with E-state index in [4.69, 9.17) is 4.74 Å². The molecule has 1 saturated heterocycles. The number of nitrogens with zero attached hydrogens (tertiary/aromatic N) is 2. The van der Waals surface area contributed by atoms with Crippen LogP contribution in [-0.2, 0) is 20.5 Å². The molecule has 0 bridgehead atoms. The Morgan fingerprint density at radius 3 is 2.38 bits per heavy atom. The zero-order chi connectivity index (χ0) is 21.6. The van der Waals surface area contributed by atoms with Crippen molar-refractivity contribution in [3.8, 4) is 0 Å². The summed E-state index contributed by atoms with van der Waals surface area (Å²) >= 11 is 0. The summed E-state index contributed by atoms with van der Waals surface area (Å²) in [6.45, 7) is 7.98. The standard InChI is InChI=1S/C20H28F3N3O3/c1-4-25(5-2)17(15-7-6-8-16(13-15)20(21,22)23)18(27)24-14(3)19(28)26-9-11-29-12-10-26/h6-8,13-14,17H,4-5,9-12H2,1-3H3,(H,24,27)/t14-,17+/m0/s1. The van der Waals surface area contributed by atoms with Gasteiger partial charge < -0.3 is 15.0 Å². The van der Waals surface area contributed by atoms with Gasteiger partial charge in [0.2, 0.25) is 11.8 Å². The molecule has 2 atom stereocenters. The lowest BCUT2D eigenvalue weighted by Gasteiger charge is -2.32. The summed E-state index contributed by atoms with van der Waals surface area (Å²) in [5, 5.41) is 2.69. The predicted octanol–water partition coefficient (Wildman–Crippen LogP) is 2.45. The Hall–Kier alpha value is -2.13. The van der Waals surface area contributed by atoms with Gasteiger partial charge in [-0.1, -0.05) is 26.0 Å². The first-order chi connectivity index (χ1) is 13.7. The Bertz CT molecular complexity index is 702. The highest BCUT2D eigenvalue weighted by Gasteiger charge is 2.34. The second-order valence-electron chi connectivity index (χ2n) is 6.91. The summed E-state index contributed by atoms with van der Waals surface area (Å²) < 4.78 is 44.7. The maximum Gasteiger partial charge on any atom is 0.416 e. The average molecular weight is 415 g/mol. The molecule has 0 aromatic heterocycles. The molecule has 1 aromatic carbocycles. The average Bonchev–Trinajstić information content (AvgIpc) is 2.71. The van der Waals surface area contributed by atoms with E-state index < -0.39 is 29.7 Å². The molecule has 1 aliphatic rings. The molecule has 1 N–H and O–H groups in total. The molecular weight excluding hydrogens is 387 g/mol. The van der Waals surface area contributed by atoms with Crippen LogP contribution in [0.3, 0.4) is 0 Å². The zero-order valence-corrected chi connectivity index (χ0v) is 17.0. The zero-order valence-electron chi connectivity index (χ0n) is 17.0. The van der Waals surface area contributed by atoms with Gasteiger partial charge in [0.1, 0.15) is 12.1 Å². The molecule has 0 saturated carbocycles. The summed E-state index contributed by atoms with van der Waals surface area (Å²) in [6.07, 6.45) is -4.50. The quantitative estimate of drug-likeness (QED) is 0.743. The summed E-state index contributed by atoms with van der Waals surface area (Å²) in [5.41, 5.74) is -0.565. The van der Waals surface area contributed by atoms with E-state index in [1.807, 2.05) is 13.8 Å². The maximum atomic E-state index is 13.1. The molecule has 0 radical (unpaired) electrons. The van der Waals surface area contributed by atoms with Crippen molar-refractivity contribution in [2.45, 2.75) is 39.0 Å². The Morgan fingerprint density at radius 2 is 1.83 bits per heavy atom. The third-order valence-corrected chi connectivity index (χ3v) is 5.01. The van der Waals surface area contributed by atoms with E-state index in [1.165, 1.54) is 12.1 Å². The van der Waals surface area contributed by atoms with Gasteiger partial charge in [-0.05, 0) is 37.7 Å². The van der Waals surface area contributed by atoms with E-state index in [1.54, 1.807) is 16.7 Å². The number of morpholine rings is 1. The van der Waals surface area contributed by atoms with E-state index in [2.05, 4.69) is 5.32 Å². The molecular formula is C20H28F3N3O3. The number of rotatable bonds is 7. The first kappa shape index (κ1) is 23.2. The highest BCUT2D eigenvalue weighted by Crippen LogP contribution is 2.32. The van der Waals surface area contributed by atoms with Gasteiger partial charge in [-0.25, -0.2) is 0 Å². The lowest BCUT2D eigenvalue weighted by Crippen LogP contribution is -2.52. The van der Waals surface area contributed by atoms with E-state index in [9.17, 15) is 22.8 Å². The van der Waals surface area contributed by atoms with Gasteiger partial charge in [0, 0.05) is 13.1 Å². The van der Waals surface area contributed by atoms with Crippen LogP contribution in [0.15, 0.2) is 24.3 Å². The fraction of sp³-hybridized carbons (Fsp3) is 0.600. The van der Waals surface area contributed by atoms with Gasteiger partial charge in [0.05, 0.1) is 18.8 Å². The highest BCUT2D eigenvalue weighted by molar-refractivity contribution is 5.90. The number of benzene rings is 1. The van der Waals surface area contributed by atoms with Gasteiger partial charge in [-0.15, -0.1) is 0 Å². The Balaban J connectivity index is 2.23. The molecule has 0 aliphatic carbocycles. The second kappa shape index (κ2) is 10.1. The fourth-order valence-electron chi connectivity index (χ4n) is 3.41. The van der Waals surface area contributed by atoms with Crippen LogP contribution in [0, 0.1) is 0 Å². The van der Waals surface area contributed by atoms with Gasteiger partial charge in [0.25, 0.3) is 0 Å². The van der Waals surface area contributed by atoms with Gasteiger partial charge >= 0.3 is 6.18 Å². The third-order valence-electron chi connectivity index (χ3n) is 5.01. The van der Waals surface area contributed by atoms with Crippen molar-refractivity contribution < 1.29 is 27.5 Å². The molecule has 6 nitrogen and oxygen atoms in total. The number of alkyl halides is 3. The largest absolute Gasteiger partial charge is 0.416 e. The van der Waals surface area contributed by atoms with Crippen LogP contribution in [0.1, 0.15) is 37.9 Å². The predicted molar refractivity (Wildman–Crippen MR) is 102 cm³/mol. The number of likely N-dealkylation sites (N-methyl/N-ethyl adjacent to an activating group) is 1. The fourth-order valence-corrected chi connectivity index (χ4v) is 3.41. The number of ether oxygens (including phenoxy) is 1. The van der Waals surface area contributed by atoms with Gasteiger partial charge in [-0.2, -0.15) is 13.2 Å². The van der Waals surface area contributed by atoms with Crippen molar-refractivity contribution >= 4 is 11.8 Å². The number of hydrogen-bond donors (Lipinski definition) is 1. The number of amides is 2. The summed E-state index contributed by atoms with van der Waals surface area (Å²) in [7, 11) is 0. The smallest absolute Gasteiger partial charge is 0.378 e. The lowest BCUT2D eigenvalue weighted by atomic mass is 10.0. The lowest BCUT2D eigenvalue weighted by molar-refractivity contribution is -0.140. The summed E-state index contributed by atoms with van der Waals surface area (Å²) in [5.74, 6) is -0.730. The maximum absolute atomic E-state index is 13.1. The van der Waals surface area contributed by atoms with Crippen molar-refractivity contribution in [2.24, 2.45) is 0 Å². The van der Waals surface area contributed by atoms with Gasteiger partial charge in [-0.3, -0.25) is 14.5 Å². The first-order valence-corrected chi connectivity index (χ1v) is 9.77. The van der Waals surface area contributed by atoms with Crippen molar-refractivity contribution in [3.63, 3.8) is 0 Å². The molecule has 1 aliphatic heterocycles. The molecule has 1 aromatic rings. The molecule has 1 heterocycles. The Labute approximate surface area is 169 Å². The third kappa shape index (κ3) is 5.93. The van der Waals surface area contributed by atoms with Crippen molar-refractivity contribution in [1.29, 1.82) is 0 Å². The number of carbonyl (C=O) groups is 2. The normalized spacial score (nSPS) is 17.1. The monoisotopic (exact) mass is 415 g/mol. The van der Waals surface area contributed by atoms with E-state index in [0.29, 0.717) is 39.4 Å². The van der Waals surface area contributed by atoms with Crippen molar-refractivity contribution in [1.82, 2.24) is 15.1 Å². The Kier molecular flexibility index (Phi) is 8.04. The molecule has 1 fully saturated rings. The van der Waals surface area contributed by atoms with Crippen molar-refractivity contribution in [2.75, 3.05) is 39.4 Å².